The van der Waals surface area contributed by atoms with Crippen LogP contribution in [0.1, 0.15) is 18.2 Å². The van der Waals surface area contributed by atoms with Gasteiger partial charge >= 0.3 is 0 Å². The number of aliphatic hydroxyl groups excluding tert-OH is 1. The highest BCUT2D eigenvalue weighted by Crippen LogP contribution is 2.31. The Balaban J connectivity index is 1.64. The van der Waals surface area contributed by atoms with E-state index in [4.69, 9.17) is 4.74 Å². The van der Waals surface area contributed by atoms with Crippen LogP contribution < -0.4 is 4.74 Å². The van der Waals surface area contributed by atoms with Crippen molar-refractivity contribution in [3.8, 4) is 11.6 Å². The van der Waals surface area contributed by atoms with Crippen molar-refractivity contribution < 1.29 is 9.84 Å². The summed E-state index contributed by atoms with van der Waals surface area (Å²) in [6.45, 7) is 3.69. The number of β-amino-alcohol motifs (C(OH)–C–C–N with tert-alkyl or cyclic N) is 1. The average Bonchev–Trinajstić information content (AvgIpc) is 2.97. The predicted octanol–water partition coefficient (Wildman–Crippen LogP) is 2.50. The fourth-order valence-corrected chi connectivity index (χ4v) is 3.50. The SMILES string of the molecule is CC1Cc2c(ncnc2Oc2ccc3c(ccn3C)c2)CN1CCO. The summed E-state index contributed by atoms with van der Waals surface area (Å²) in [6.07, 6.45) is 4.42. The van der Waals surface area contributed by atoms with Crippen LogP contribution in [0.2, 0.25) is 0 Å². The zero-order valence-electron chi connectivity index (χ0n) is 14.5. The minimum absolute atomic E-state index is 0.158. The van der Waals surface area contributed by atoms with Crippen molar-refractivity contribution in [3.05, 3.63) is 48.0 Å². The number of rotatable bonds is 4. The lowest BCUT2D eigenvalue weighted by Gasteiger charge is -2.33. The van der Waals surface area contributed by atoms with Gasteiger partial charge in [0.2, 0.25) is 5.88 Å². The molecule has 130 valence electrons. The summed E-state index contributed by atoms with van der Waals surface area (Å²) in [4.78, 5) is 11.0. The molecule has 0 bridgehead atoms. The molecule has 1 atom stereocenters. The van der Waals surface area contributed by atoms with E-state index in [0.717, 1.165) is 28.8 Å². The number of ether oxygens (including phenoxy) is 1. The quantitative estimate of drug-likeness (QED) is 0.792. The highest BCUT2D eigenvalue weighted by molar-refractivity contribution is 5.81. The molecule has 0 aliphatic carbocycles. The molecular weight excluding hydrogens is 316 g/mol. The van der Waals surface area contributed by atoms with E-state index < -0.39 is 0 Å². The molecule has 1 aliphatic rings. The third-order valence-electron chi connectivity index (χ3n) is 4.93. The van der Waals surface area contributed by atoms with Crippen molar-refractivity contribution in [3.63, 3.8) is 0 Å². The van der Waals surface area contributed by atoms with Crippen LogP contribution in [0.25, 0.3) is 10.9 Å². The van der Waals surface area contributed by atoms with Crippen LogP contribution in [0.4, 0.5) is 0 Å². The van der Waals surface area contributed by atoms with E-state index in [1.807, 2.05) is 25.4 Å². The Kier molecular flexibility index (Phi) is 4.15. The molecule has 0 amide bonds. The van der Waals surface area contributed by atoms with Gasteiger partial charge in [-0.05, 0) is 37.6 Å². The smallest absolute Gasteiger partial charge is 0.225 e. The first kappa shape index (κ1) is 16.1. The molecule has 1 aliphatic heterocycles. The van der Waals surface area contributed by atoms with Gasteiger partial charge < -0.3 is 14.4 Å². The molecule has 0 radical (unpaired) electrons. The van der Waals surface area contributed by atoms with Gasteiger partial charge in [0.15, 0.2) is 0 Å². The van der Waals surface area contributed by atoms with Crippen molar-refractivity contribution >= 4 is 10.9 Å². The maximum absolute atomic E-state index is 9.22. The first-order valence-corrected chi connectivity index (χ1v) is 8.56. The van der Waals surface area contributed by atoms with Gasteiger partial charge in [-0.3, -0.25) is 4.90 Å². The van der Waals surface area contributed by atoms with Crippen molar-refractivity contribution in [2.45, 2.75) is 25.9 Å². The molecule has 1 N–H and O–H groups in total. The van der Waals surface area contributed by atoms with E-state index in [1.165, 1.54) is 5.52 Å². The molecule has 3 heterocycles. The van der Waals surface area contributed by atoms with Crippen molar-refractivity contribution in [2.24, 2.45) is 7.05 Å². The van der Waals surface area contributed by atoms with Crippen LogP contribution in [-0.4, -0.2) is 43.7 Å². The second-order valence-corrected chi connectivity index (χ2v) is 6.60. The molecule has 6 nitrogen and oxygen atoms in total. The fourth-order valence-electron chi connectivity index (χ4n) is 3.50. The van der Waals surface area contributed by atoms with E-state index in [1.54, 1.807) is 6.33 Å². The summed E-state index contributed by atoms with van der Waals surface area (Å²) in [6, 6.07) is 8.47. The van der Waals surface area contributed by atoms with Crippen LogP contribution in [0.5, 0.6) is 11.6 Å². The lowest BCUT2D eigenvalue weighted by molar-refractivity contribution is 0.138. The van der Waals surface area contributed by atoms with Gasteiger partial charge in [0, 0.05) is 48.8 Å². The Labute approximate surface area is 146 Å². The highest BCUT2D eigenvalue weighted by atomic mass is 16.5. The number of aryl methyl sites for hydroxylation is 1. The third kappa shape index (κ3) is 2.99. The lowest BCUT2D eigenvalue weighted by Crippen LogP contribution is -2.40. The zero-order chi connectivity index (χ0) is 17.4. The molecule has 6 heteroatoms. The molecule has 2 aromatic heterocycles. The number of benzene rings is 1. The van der Waals surface area contributed by atoms with Crippen LogP contribution in [0.3, 0.4) is 0 Å². The van der Waals surface area contributed by atoms with Gasteiger partial charge in [-0.2, -0.15) is 0 Å². The Morgan fingerprint density at radius 1 is 1.28 bits per heavy atom. The number of aromatic nitrogens is 3. The average molecular weight is 338 g/mol. The Bertz CT molecular complexity index is 906. The Morgan fingerprint density at radius 3 is 3.00 bits per heavy atom. The van der Waals surface area contributed by atoms with E-state index in [-0.39, 0.29) is 6.61 Å². The molecule has 1 aromatic carbocycles. The van der Waals surface area contributed by atoms with Crippen LogP contribution in [0.15, 0.2) is 36.8 Å². The van der Waals surface area contributed by atoms with E-state index in [0.29, 0.717) is 25.0 Å². The fraction of sp³-hybridized carbons (Fsp3) is 0.368. The lowest BCUT2D eigenvalue weighted by atomic mass is 9.99. The van der Waals surface area contributed by atoms with E-state index in [2.05, 4.69) is 38.5 Å². The van der Waals surface area contributed by atoms with Gasteiger partial charge in [0.1, 0.15) is 12.1 Å². The van der Waals surface area contributed by atoms with Crippen molar-refractivity contribution in [2.75, 3.05) is 13.2 Å². The minimum atomic E-state index is 0.158. The second-order valence-electron chi connectivity index (χ2n) is 6.60. The molecule has 0 saturated carbocycles. The Morgan fingerprint density at radius 2 is 2.16 bits per heavy atom. The number of fused-ring (bicyclic) bond motifs is 2. The maximum atomic E-state index is 9.22. The summed E-state index contributed by atoms with van der Waals surface area (Å²) in [7, 11) is 2.03. The molecule has 1 unspecified atom stereocenters. The molecule has 0 fully saturated rings. The van der Waals surface area contributed by atoms with Crippen LogP contribution in [-0.2, 0) is 20.0 Å². The van der Waals surface area contributed by atoms with Gasteiger partial charge in [-0.25, -0.2) is 9.97 Å². The number of aliphatic hydroxyl groups is 1. The first-order valence-electron chi connectivity index (χ1n) is 8.56. The highest BCUT2D eigenvalue weighted by Gasteiger charge is 2.26. The number of hydrogen-bond donors (Lipinski definition) is 1. The van der Waals surface area contributed by atoms with Gasteiger partial charge in [0.05, 0.1) is 12.3 Å². The predicted molar refractivity (Wildman–Crippen MR) is 95.7 cm³/mol. The first-order chi connectivity index (χ1) is 12.2. The Hall–Kier alpha value is -2.44. The van der Waals surface area contributed by atoms with Gasteiger partial charge in [-0.15, -0.1) is 0 Å². The van der Waals surface area contributed by atoms with Crippen LogP contribution >= 0.6 is 0 Å². The van der Waals surface area contributed by atoms with Gasteiger partial charge in [0.25, 0.3) is 0 Å². The molecule has 4 rings (SSSR count). The summed E-state index contributed by atoms with van der Waals surface area (Å²) in [5, 5.41) is 10.4. The maximum Gasteiger partial charge on any atom is 0.225 e. The minimum Gasteiger partial charge on any atom is -0.439 e. The normalized spacial score (nSPS) is 17.6. The van der Waals surface area contributed by atoms with Crippen molar-refractivity contribution in [1.82, 2.24) is 19.4 Å². The molecule has 0 saturated heterocycles. The molecule has 0 spiro atoms. The summed E-state index contributed by atoms with van der Waals surface area (Å²) in [5.74, 6) is 1.42. The van der Waals surface area contributed by atoms with E-state index in [9.17, 15) is 5.11 Å². The largest absolute Gasteiger partial charge is 0.439 e. The zero-order valence-corrected chi connectivity index (χ0v) is 14.5. The summed E-state index contributed by atoms with van der Waals surface area (Å²) < 4.78 is 8.20. The topological polar surface area (TPSA) is 63.4 Å². The summed E-state index contributed by atoms with van der Waals surface area (Å²) >= 11 is 0. The summed E-state index contributed by atoms with van der Waals surface area (Å²) in [5.41, 5.74) is 3.22. The third-order valence-corrected chi connectivity index (χ3v) is 4.93. The van der Waals surface area contributed by atoms with Crippen LogP contribution in [0, 0.1) is 0 Å². The van der Waals surface area contributed by atoms with Crippen molar-refractivity contribution in [1.29, 1.82) is 0 Å². The van der Waals surface area contributed by atoms with E-state index >= 15 is 0 Å². The monoisotopic (exact) mass is 338 g/mol. The number of hydrogen-bond acceptors (Lipinski definition) is 5. The second kappa shape index (κ2) is 6.46. The molecule has 25 heavy (non-hydrogen) atoms. The number of nitrogens with zero attached hydrogens (tertiary/aromatic N) is 4. The molecular formula is C19H22N4O2. The van der Waals surface area contributed by atoms with Gasteiger partial charge in [-0.1, -0.05) is 0 Å². The molecule has 3 aromatic rings. The standard InChI is InChI=1S/C19H22N4O2/c1-13-9-16-17(11-23(13)7-8-24)20-12-21-19(16)25-15-3-4-18-14(10-15)5-6-22(18)2/h3-6,10,12-13,24H,7-9,11H2,1-2H3.